The SMILES string of the molecule is Cc1ccc2c(c1)C13CCC(C1)C(C)(C)C3N(CC(=O)N(c1ccccc1)C1CCCCC1)S2(=O)=O. The molecule has 2 aromatic carbocycles. The molecule has 36 heavy (non-hydrogen) atoms. The molecule has 4 aliphatic rings. The number of rotatable bonds is 4. The summed E-state index contributed by atoms with van der Waals surface area (Å²) in [4.78, 5) is 16.5. The van der Waals surface area contributed by atoms with Gasteiger partial charge in [0.2, 0.25) is 15.9 Å². The van der Waals surface area contributed by atoms with E-state index in [0.717, 1.165) is 61.8 Å². The Morgan fingerprint density at radius 2 is 1.75 bits per heavy atom. The van der Waals surface area contributed by atoms with Gasteiger partial charge in [0.25, 0.3) is 0 Å². The van der Waals surface area contributed by atoms with Crippen LogP contribution in [-0.4, -0.2) is 37.3 Å². The smallest absolute Gasteiger partial charge is 0.244 e. The molecule has 2 aromatic rings. The average molecular weight is 507 g/mol. The van der Waals surface area contributed by atoms with Gasteiger partial charge in [-0.1, -0.05) is 69.0 Å². The zero-order chi connectivity index (χ0) is 25.3. The zero-order valence-electron chi connectivity index (χ0n) is 21.7. The van der Waals surface area contributed by atoms with Gasteiger partial charge >= 0.3 is 0 Å². The van der Waals surface area contributed by atoms with Crippen molar-refractivity contribution < 1.29 is 13.2 Å². The minimum atomic E-state index is -3.81. The Balaban J connectivity index is 1.44. The number of fused-ring (bicyclic) bond motifs is 2. The second kappa shape index (κ2) is 8.42. The summed E-state index contributed by atoms with van der Waals surface area (Å²) in [5.74, 6) is 0.367. The normalized spacial score (nSPS) is 30.5. The van der Waals surface area contributed by atoms with Gasteiger partial charge in [-0.05, 0) is 74.1 Å². The molecule has 0 saturated heterocycles. The fourth-order valence-corrected chi connectivity index (χ4v) is 10.4. The summed E-state index contributed by atoms with van der Waals surface area (Å²) < 4.78 is 30.1. The first-order valence-electron chi connectivity index (χ1n) is 13.7. The Morgan fingerprint density at radius 1 is 1.03 bits per heavy atom. The van der Waals surface area contributed by atoms with E-state index >= 15 is 0 Å². The van der Waals surface area contributed by atoms with Crippen LogP contribution in [0.2, 0.25) is 0 Å². The van der Waals surface area contributed by atoms with Gasteiger partial charge in [-0.2, -0.15) is 4.31 Å². The quantitative estimate of drug-likeness (QED) is 0.526. The summed E-state index contributed by atoms with van der Waals surface area (Å²) in [5.41, 5.74) is 2.58. The maximum absolute atomic E-state index is 14.2. The number of carbonyl (C=O) groups excluding carboxylic acids is 1. The number of hydrogen-bond acceptors (Lipinski definition) is 3. The van der Waals surface area contributed by atoms with Crippen LogP contribution in [0.4, 0.5) is 5.69 Å². The number of para-hydroxylation sites is 1. The number of benzene rings is 2. The third-order valence-electron chi connectivity index (χ3n) is 9.91. The molecule has 3 aliphatic carbocycles. The Labute approximate surface area is 215 Å². The number of amides is 1. The van der Waals surface area contributed by atoms with Crippen molar-refractivity contribution in [3.63, 3.8) is 0 Å². The number of aryl methyl sites for hydroxylation is 1. The Bertz CT molecular complexity index is 1280. The summed E-state index contributed by atoms with van der Waals surface area (Å²) in [5, 5.41) is 0. The summed E-state index contributed by atoms with van der Waals surface area (Å²) in [6, 6.07) is 15.6. The Morgan fingerprint density at radius 3 is 2.47 bits per heavy atom. The van der Waals surface area contributed by atoms with Crippen LogP contribution >= 0.6 is 0 Å². The molecule has 1 spiro atoms. The lowest BCUT2D eigenvalue weighted by atomic mass is 9.65. The van der Waals surface area contributed by atoms with Crippen molar-refractivity contribution in [2.45, 2.75) is 94.5 Å². The second-order valence-electron chi connectivity index (χ2n) is 12.3. The molecule has 0 radical (unpaired) electrons. The highest BCUT2D eigenvalue weighted by atomic mass is 32.2. The number of sulfonamides is 1. The van der Waals surface area contributed by atoms with Gasteiger partial charge < -0.3 is 4.90 Å². The lowest BCUT2D eigenvalue weighted by Crippen LogP contribution is -2.62. The summed E-state index contributed by atoms with van der Waals surface area (Å²) in [7, 11) is -3.81. The van der Waals surface area contributed by atoms with Crippen molar-refractivity contribution in [2.24, 2.45) is 11.3 Å². The van der Waals surface area contributed by atoms with Crippen LogP contribution in [0, 0.1) is 18.3 Å². The van der Waals surface area contributed by atoms with Crippen LogP contribution in [-0.2, 0) is 20.2 Å². The van der Waals surface area contributed by atoms with Gasteiger partial charge in [-0.3, -0.25) is 4.79 Å². The predicted octanol–water partition coefficient (Wildman–Crippen LogP) is 5.81. The van der Waals surface area contributed by atoms with Crippen molar-refractivity contribution in [1.29, 1.82) is 0 Å². The topological polar surface area (TPSA) is 57.7 Å². The molecule has 6 heteroatoms. The van der Waals surface area contributed by atoms with Crippen LogP contribution in [0.1, 0.15) is 76.3 Å². The highest BCUT2D eigenvalue weighted by molar-refractivity contribution is 7.89. The first-order chi connectivity index (χ1) is 17.2. The molecule has 3 unspecified atom stereocenters. The van der Waals surface area contributed by atoms with E-state index in [-0.39, 0.29) is 35.4 Å². The molecule has 2 bridgehead atoms. The third-order valence-corrected chi connectivity index (χ3v) is 11.8. The fraction of sp³-hybridized carbons (Fsp3) is 0.567. The summed E-state index contributed by atoms with van der Waals surface area (Å²) in [6.07, 6.45) is 8.47. The minimum Gasteiger partial charge on any atom is -0.308 e. The van der Waals surface area contributed by atoms with E-state index in [2.05, 4.69) is 19.9 Å². The molecule has 0 aromatic heterocycles. The first-order valence-corrected chi connectivity index (χ1v) is 15.1. The molecule has 1 amide bonds. The molecule has 0 N–H and O–H groups in total. The minimum absolute atomic E-state index is 0.0936. The van der Waals surface area contributed by atoms with Crippen LogP contribution < -0.4 is 4.90 Å². The highest BCUT2D eigenvalue weighted by Gasteiger charge is 2.68. The summed E-state index contributed by atoms with van der Waals surface area (Å²) >= 11 is 0. The largest absolute Gasteiger partial charge is 0.308 e. The number of carbonyl (C=O) groups is 1. The zero-order valence-corrected chi connectivity index (χ0v) is 22.6. The number of anilines is 1. The highest BCUT2D eigenvalue weighted by Crippen LogP contribution is 2.67. The van der Waals surface area contributed by atoms with Gasteiger partial charge in [-0.25, -0.2) is 8.42 Å². The molecule has 3 saturated carbocycles. The molecule has 1 heterocycles. The van der Waals surface area contributed by atoms with Gasteiger partial charge in [0.15, 0.2) is 0 Å². The molecular weight excluding hydrogens is 468 g/mol. The van der Waals surface area contributed by atoms with Crippen molar-refractivity contribution in [3.8, 4) is 0 Å². The van der Waals surface area contributed by atoms with Crippen molar-refractivity contribution in [1.82, 2.24) is 4.31 Å². The molecule has 1 aliphatic heterocycles. The number of hydrogen-bond donors (Lipinski definition) is 0. The molecule has 6 rings (SSSR count). The van der Waals surface area contributed by atoms with Gasteiger partial charge in [0.1, 0.15) is 0 Å². The second-order valence-corrected chi connectivity index (χ2v) is 14.1. The maximum atomic E-state index is 14.2. The predicted molar refractivity (Wildman–Crippen MR) is 142 cm³/mol. The maximum Gasteiger partial charge on any atom is 0.244 e. The Kier molecular flexibility index (Phi) is 5.65. The standard InChI is InChI=1S/C30H38N2O3S/c1-21-14-15-26-25(18-21)30-17-16-22(19-30)29(2,3)28(30)31(36(26,34)35)20-27(33)32(23-10-6-4-7-11-23)24-12-8-5-9-13-24/h4,6-7,10-11,14-15,18,22,24,28H,5,8-9,12-13,16-17,19-20H2,1-3H3. The molecule has 3 fully saturated rings. The van der Waals surface area contributed by atoms with Gasteiger partial charge in [-0.15, -0.1) is 0 Å². The van der Waals surface area contributed by atoms with Crippen LogP contribution in [0.25, 0.3) is 0 Å². The first kappa shape index (κ1) is 24.2. The fourth-order valence-electron chi connectivity index (χ4n) is 8.33. The van der Waals surface area contributed by atoms with E-state index in [1.807, 2.05) is 48.2 Å². The molecular formula is C30H38N2O3S. The lowest BCUT2D eigenvalue weighted by Gasteiger charge is -2.53. The van der Waals surface area contributed by atoms with Crippen LogP contribution in [0.3, 0.4) is 0 Å². The van der Waals surface area contributed by atoms with Crippen molar-refractivity contribution >= 4 is 21.6 Å². The van der Waals surface area contributed by atoms with E-state index in [9.17, 15) is 13.2 Å². The van der Waals surface area contributed by atoms with E-state index in [4.69, 9.17) is 0 Å². The lowest BCUT2D eigenvalue weighted by molar-refractivity contribution is -0.120. The third kappa shape index (κ3) is 3.43. The molecule has 192 valence electrons. The monoisotopic (exact) mass is 506 g/mol. The van der Waals surface area contributed by atoms with E-state index in [1.165, 1.54) is 6.42 Å². The van der Waals surface area contributed by atoms with Crippen LogP contribution in [0.5, 0.6) is 0 Å². The summed E-state index contributed by atoms with van der Waals surface area (Å²) in [6.45, 7) is 6.41. The van der Waals surface area contributed by atoms with E-state index in [0.29, 0.717) is 10.8 Å². The van der Waals surface area contributed by atoms with E-state index in [1.54, 1.807) is 10.4 Å². The van der Waals surface area contributed by atoms with E-state index < -0.39 is 10.0 Å². The average Bonchev–Trinajstić information content (AvgIpc) is 3.39. The molecule has 3 atom stereocenters. The number of nitrogens with zero attached hydrogens (tertiary/aromatic N) is 2. The Hall–Kier alpha value is -2.18. The molecule has 5 nitrogen and oxygen atoms in total. The van der Waals surface area contributed by atoms with Gasteiger partial charge in [0, 0.05) is 23.2 Å². The van der Waals surface area contributed by atoms with Gasteiger partial charge in [0.05, 0.1) is 11.4 Å². The van der Waals surface area contributed by atoms with Crippen LogP contribution in [0.15, 0.2) is 53.4 Å². The van der Waals surface area contributed by atoms with Crippen molar-refractivity contribution in [3.05, 3.63) is 59.7 Å². The van der Waals surface area contributed by atoms with Crippen molar-refractivity contribution in [2.75, 3.05) is 11.4 Å².